The number of hydrogen-bond acceptors (Lipinski definition) is 7. The second-order valence-electron chi connectivity index (χ2n) is 6.13. The van der Waals surface area contributed by atoms with Gasteiger partial charge in [0.05, 0.1) is 31.1 Å². The molecule has 0 aromatic heterocycles. The summed E-state index contributed by atoms with van der Waals surface area (Å²) in [4.78, 5) is 25.7. The molecule has 0 bridgehead atoms. The van der Waals surface area contributed by atoms with Gasteiger partial charge >= 0.3 is 0 Å². The quantitative estimate of drug-likeness (QED) is 0.517. The summed E-state index contributed by atoms with van der Waals surface area (Å²) in [6.07, 6.45) is 1.93. The fourth-order valence-corrected chi connectivity index (χ4v) is 3.95. The molecule has 0 aliphatic carbocycles. The third-order valence-electron chi connectivity index (χ3n) is 3.81. The molecule has 1 amide bonds. The van der Waals surface area contributed by atoms with Crippen LogP contribution in [0.25, 0.3) is 6.08 Å². The van der Waals surface area contributed by atoms with E-state index >= 15 is 0 Å². The van der Waals surface area contributed by atoms with Crippen molar-refractivity contribution >= 4 is 46.3 Å². The van der Waals surface area contributed by atoms with E-state index in [0.29, 0.717) is 16.4 Å². The van der Waals surface area contributed by atoms with Crippen LogP contribution in [0, 0.1) is 5.92 Å². The standard InChI is InChI=1S/C18H21NO5S2/c1-10(2)7-12(17(21)22)19-16(20)15(26-18(19)25)9-11-5-6-13(23-3)14(8-11)24-4/h5-6,8-10,12H,7H2,1-4H3,(H,21,22)/p-1/b15-9-/t12-/m1/s1. The maximum absolute atomic E-state index is 12.7. The van der Waals surface area contributed by atoms with E-state index in [9.17, 15) is 14.7 Å². The maximum atomic E-state index is 12.7. The molecule has 0 spiro atoms. The SMILES string of the molecule is COc1ccc(/C=C2\SC(=S)N([C@H](CC(C)C)C(=O)[O-])C2=O)cc1OC. The summed E-state index contributed by atoms with van der Waals surface area (Å²) in [7, 11) is 3.06. The predicted molar refractivity (Wildman–Crippen MR) is 103 cm³/mol. The predicted octanol–water partition coefficient (Wildman–Crippen LogP) is 2.07. The average Bonchev–Trinajstić information content (AvgIpc) is 2.86. The van der Waals surface area contributed by atoms with Gasteiger partial charge in [0.2, 0.25) is 0 Å². The normalized spacial score (nSPS) is 17.1. The number of ether oxygens (including phenoxy) is 2. The lowest BCUT2D eigenvalue weighted by atomic mass is 10.0. The van der Waals surface area contributed by atoms with E-state index in [-0.39, 0.29) is 16.7 Å². The van der Waals surface area contributed by atoms with Crippen LogP contribution in [0.5, 0.6) is 11.5 Å². The Morgan fingerprint density at radius 3 is 2.50 bits per heavy atom. The van der Waals surface area contributed by atoms with Crippen LogP contribution in [0.4, 0.5) is 0 Å². The summed E-state index contributed by atoms with van der Waals surface area (Å²) >= 11 is 6.32. The van der Waals surface area contributed by atoms with Crippen molar-refractivity contribution < 1.29 is 24.2 Å². The van der Waals surface area contributed by atoms with Gasteiger partial charge in [-0.15, -0.1) is 0 Å². The lowest BCUT2D eigenvalue weighted by Gasteiger charge is -2.28. The Labute approximate surface area is 162 Å². The molecule has 0 N–H and O–H groups in total. The smallest absolute Gasteiger partial charge is 0.266 e. The Kier molecular flexibility index (Phi) is 6.66. The van der Waals surface area contributed by atoms with E-state index in [1.807, 2.05) is 13.8 Å². The number of aliphatic carboxylic acids is 1. The van der Waals surface area contributed by atoms with Gasteiger partial charge in [-0.1, -0.05) is 43.9 Å². The first-order valence-corrected chi connectivity index (χ1v) is 9.20. The van der Waals surface area contributed by atoms with Crippen LogP contribution in [0.15, 0.2) is 23.1 Å². The number of thiocarbonyl (C=S) groups is 1. The van der Waals surface area contributed by atoms with Crippen molar-refractivity contribution in [2.75, 3.05) is 14.2 Å². The Bertz CT molecular complexity index is 760. The highest BCUT2D eigenvalue weighted by atomic mass is 32.2. The molecule has 1 saturated heterocycles. The molecular formula is C18H20NO5S2-. The highest BCUT2D eigenvalue weighted by molar-refractivity contribution is 8.26. The van der Waals surface area contributed by atoms with Gasteiger partial charge in [0.25, 0.3) is 5.91 Å². The monoisotopic (exact) mass is 394 g/mol. The zero-order valence-corrected chi connectivity index (χ0v) is 16.6. The molecule has 1 heterocycles. The molecular weight excluding hydrogens is 374 g/mol. The number of benzene rings is 1. The largest absolute Gasteiger partial charge is 0.548 e. The number of carboxylic acids is 1. The minimum absolute atomic E-state index is 0.0809. The molecule has 140 valence electrons. The topological polar surface area (TPSA) is 78.9 Å². The van der Waals surface area contributed by atoms with Crippen molar-refractivity contribution in [2.45, 2.75) is 26.3 Å². The van der Waals surface area contributed by atoms with Crippen molar-refractivity contribution in [3.63, 3.8) is 0 Å². The van der Waals surface area contributed by atoms with Gasteiger partial charge in [0.1, 0.15) is 4.32 Å². The van der Waals surface area contributed by atoms with Gasteiger partial charge in [0.15, 0.2) is 11.5 Å². The van der Waals surface area contributed by atoms with E-state index in [0.717, 1.165) is 22.2 Å². The molecule has 1 fully saturated rings. The van der Waals surface area contributed by atoms with Gasteiger partial charge in [0, 0.05) is 0 Å². The van der Waals surface area contributed by atoms with Gasteiger partial charge in [-0.3, -0.25) is 9.69 Å². The summed E-state index contributed by atoms with van der Waals surface area (Å²) in [5.41, 5.74) is 0.719. The van der Waals surface area contributed by atoms with Crippen LogP contribution < -0.4 is 14.6 Å². The van der Waals surface area contributed by atoms with Crippen molar-refractivity contribution in [1.82, 2.24) is 4.90 Å². The minimum atomic E-state index is -1.30. The number of carbonyl (C=O) groups excluding carboxylic acids is 2. The number of amides is 1. The summed E-state index contributed by atoms with van der Waals surface area (Å²) in [6.45, 7) is 3.76. The maximum Gasteiger partial charge on any atom is 0.266 e. The van der Waals surface area contributed by atoms with Crippen LogP contribution in [-0.4, -0.2) is 41.4 Å². The van der Waals surface area contributed by atoms with Crippen molar-refractivity contribution in [3.05, 3.63) is 28.7 Å². The molecule has 1 atom stereocenters. The molecule has 1 aromatic rings. The van der Waals surface area contributed by atoms with E-state index in [4.69, 9.17) is 21.7 Å². The first-order valence-electron chi connectivity index (χ1n) is 7.98. The fraction of sp³-hybridized carbons (Fsp3) is 0.389. The number of hydrogen-bond donors (Lipinski definition) is 0. The molecule has 1 aliphatic heterocycles. The number of thioether (sulfide) groups is 1. The van der Waals surface area contributed by atoms with Gasteiger partial charge in [-0.25, -0.2) is 0 Å². The Morgan fingerprint density at radius 2 is 1.96 bits per heavy atom. The van der Waals surface area contributed by atoms with Crippen LogP contribution in [0.3, 0.4) is 0 Å². The molecule has 8 heteroatoms. The van der Waals surface area contributed by atoms with Crippen molar-refractivity contribution in [3.8, 4) is 11.5 Å². The summed E-state index contributed by atoms with van der Waals surface area (Å²) < 4.78 is 10.7. The third-order valence-corrected chi connectivity index (χ3v) is 5.14. The molecule has 1 aliphatic rings. The number of carboxylic acid groups (broad SMARTS) is 1. The number of nitrogens with zero attached hydrogens (tertiary/aromatic N) is 1. The minimum Gasteiger partial charge on any atom is -0.548 e. The van der Waals surface area contributed by atoms with E-state index in [2.05, 4.69) is 0 Å². The first-order chi connectivity index (χ1) is 12.3. The summed E-state index contributed by atoms with van der Waals surface area (Å²) in [5.74, 6) is -0.542. The van der Waals surface area contributed by atoms with Gasteiger partial charge in [-0.05, 0) is 36.1 Å². The lowest BCUT2D eigenvalue weighted by Crippen LogP contribution is -2.50. The number of methoxy groups -OCH3 is 2. The fourth-order valence-electron chi connectivity index (χ4n) is 2.60. The highest BCUT2D eigenvalue weighted by Gasteiger charge is 2.38. The second kappa shape index (κ2) is 8.55. The molecule has 0 saturated carbocycles. The Morgan fingerprint density at radius 1 is 1.31 bits per heavy atom. The highest BCUT2D eigenvalue weighted by Crippen LogP contribution is 2.36. The van der Waals surface area contributed by atoms with Crippen LogP contribution >= 0.6 is 24.0 Å². The molecule has 2 rings (SSSR count). The first kappa shape index (κ1) is 20.3. The number of carbonyl (C=O) groups is 2. The molecule has 26 heavy (non-hydrogen) atoms. The van der Waals surface area contributed by atoms with E-state index in [1.54, 1.807) is 24.3 Å². The summed E-state index contributed by atoms with van der Waals surface area (Å²) in [6, 6.07) is 4.17. The van der Waals surface area contributed by atoms with Crippen LogP contribution in [-0.2, 0) is 9.59 Å². The van der Waals surface area contributed by atoms with Gasteiger partial charge < -0.3 is 19.4 Å². The summed E-state index contributed by atoms with van der Waals surface area (Å²) in [5, 5.41) is 11.5. The Balaban J connectivity index is 2.32. The molecule has 6 nitrogen and oxygen atoms in total. The lowest BCUT2D eigenvalue weighted by molar-refractivity contribution is -0.310. The molecule has 1 aromatic carbocycles. The van der Waals surface area contributed by atoms with Crippen LogP contribution in [0.2, 0.25) is 0 Å². The zero-order chi connectivity index (χ0) is 19.4. The third kappa shape index (κ3) is 4.37. The zero-order valence-electron chi connectivity index (χ0n) is 15.0. The van der Waals surface area contributed by atoms with Crippen molar-refractivity contribution in [1.29, 1.82) is 0 Å². The molecule has 0 unspecified atom stereocenters. The van der Waals surface area contributed by atoms with Crippen molar-refractivity contribution in [2.24, 2.45) is 5.92 Å². The van der Waals surface area contributed by atoms with E-state index < -0.39 is 17.9 Å². The Hall–Kier alpha value is -2.06. The molecule has 0 radical (unpaired) electrons. The second-order valence-corrected chi connectivity index (χ2v) is 7.81. The van der Waals surface area contributed by atoms with Gasteiger partial charge in [-0.2, -0.15) is 0 Å². The van der Waals surface area contributed by atoms with Crippen LogP contribution in [0.1, 0.15) is 25.8 Å². The number of rotatable bonds is 7. The van der Waals surface area contributed by atoms with E-state index in [1.165, 1.54) is 14.2 Å². The average molecular weight is 394 g/mol.